The number of furan rings is 1. The summed E-state index contributed by atoms with van der Waals surface area (Å²) >= 11 is 0. The third-order valence-electron chi connectivity index (χ3n) is 14.4. The first-order chi connectivity index (χ1) is 35.2. The minimum absolute atomic E-state index is 0.893. The predicted octanol–water partition coefficient (Wildman–Crippen LogP) is 19.1. The molecular formula is C68H44N2O. The van der Waals surface area contributed by atoms with Gasteiger partial charge in [0.15, 0.2) is 0 Å². The maximum Gasteiger partial charge on any atom is 0.143 e. The molecule has 3 nitrogen and oxygen atoms in total. The van der Waals surface area contributed by atoms with E-state index in [-0.39, 0.29) is 0 Å². The zero-order valence-corrected chi connectivity index (χ0v) is 38.7. The first kappa shape index (κ1) is 40.6. The molecule has 0 aliphatic heterocycles. The van der Waals surface area contributed by atoms with E-state index < -0.39 is 0 Å². The van der Waals surface area contributed by atoms with Crippen LogP contribution in [-0.4, -0.2) is 4.57 Å². The van der Waals surface area contributed by atoms with Crippen molar-refractivity contribution in [3.05, 3.63) is 267 Å². The van der Waals surface area contributed by atoms with E-state index in [4.69, 9.17) is 4.42 Å². The minimum atomic E-state index is 0.893. The van der Waals surface area contributed by atoms with Crippen LogP contribution in [0.2, 0.25) is 0 Å². The lowest BCUT2D eigenvalue weighted by atomic mass is 9.93. The second-order valence-electron chi connectivity index (χ2n) is 18.4. The number of hydrogen-bond acceptors (Lipinski definition) is 2. The molecular weight excluding hydrogens is 861 g/mol. The molecule has 0 atom stereocenters. The minimum Gasteiger partial charge on any atom is -0.455 e. The van der Waals surface area contributed by atoms with Gasteiger partial charge in [-0.1, -0.05) is 200 Å². The number of para-hydroxylation sites is 5. The smallest absolute Gasteiger partial charge is 0.143 e. The summed E-state index contributed by atoms with van der Waals surface area (Å²) in [5, 5.41) is 9.74. The molecule has 14 aromatic rings. The molecule has 332 valence electrons. The van der Waals surface area contributed by atoms with Gasteiger partial charge in [0.05, 0.1) is 16.7 Å². The van der Waals surface area contributed by atoms with Gasteiger partial charge in [-0.05, 0) is 122 Å². The summed E-state index contributed by atoms with van der Waals surface area (Å²) in [7, 11) is 0. The normalized spacial score (nSPS) is 11.7. The van der Waals surface area contributed by atoms with Gasteiger partial charge < -0.3 is 13.9 Å². The standard InChI is InChI=1S/C68H44N2O/c1-2-21-54-50(16-1)44-63(58-24-4-3-23-57(54)58)49-18-14-20-53(43-49)69(52-19-13-17-48(42-52)56-28-15-29-62-61-27-8-12-33-67(61)71-68(56)62)51-40-38-46(39-41-51)45-34-36-47(37-35-45)55-22-5-9-30-64(55)70-65-31-10-6-25-59(65)60-26-7-11-32-66(60)70/h1-44H. The second kappa shape index (κ2) is 16.7. The molecule has 3 heteroatoms. The fraction of sp³-hybridized carbons (Fsp3) is 0. The summed E-state index contributed by atoms with van der Waals surface area (Å²) in [5.74, 6) is 0. The summed E-state index contributed by atoms with van der Waals surface area (Å²) in [6.45, 7) is 0. The number of anilines is 3. The van der Waals surface area contributed by atoms with Crippen molar-refractivity contribution in [3.63, 3.8) is 0 Å². The van der Waals surface area contributed by atoms with Crippen molar-refractivity contribution in [2.45, 2.75) is 0 Å². The van der Waals surface area contributed by atoms with E-state index in [0.29, 0.717) is 0 Å². The molecule has 14 rings (SSSR count). The van der Waals surface area contributed by atoms with Crippen molar-refractivity contribution in [1.29, 1.82) is 0 Å². The van der Waals surface area contributed by atoms with Crippen LogP contribution in [0.25, 0.3) is 115 Å². The number of benzene rings is 12. The van der Waals surface area contributed by atoms with E-state index in [9.17, 15) is 0 Å². The molecule has 0 N–H and O–H groups in total. The molecule has 0 fully saturated rings. The molecule has 0 saturated carbocycles. The summed E-state index contributed by atoms with van der Waals surface area (Å²) in [6, 6.07) is 96.7. The molecule has 2 aromatic heterocycles. The van der Waals surface area contributed by atoms with E-state index in [1.54, 1.807) is 0 Å². The maximum atomic E-state index is 6.56. The summed E-state index contributed by atoms with van der Waals surface area (Å²) < 4.78 is 8.97. The number of hydrogen-bond donors (Lipinski definition) is 0. The van der Waals surface area contributed by atoms with Crippen molar-refractivity contribution < 1.29 is 4.42 Å². The lowest BCUT2D eigenvalue weighted by Crippen LogP contribution is -2.10. The first-order valence-corrected chi connectivity index (χ1v) is 24.3. The van der Waals surface area contributed by atoms with E-state index >= 15 is 0 Å². The molecule has 0 amide bonds. The Morgan fingerprint density at radius 3 is 1.51 bits per heavy atom. The Bertz CT molecular complexity index is 4290. The molecule has 0 aliphatic rings. The quantitative estimate of drug-likeness (QED) is 0.142. The fourth-order valence-electron chi connectivity index (χ4n) is 11.1. The van der Waals surface area contributed by atoms with Crippen LogP contribution in [0.3, 0.4) is 0 Å². The van der Waals surface area contributed by atoms with Gasteiger partial charge >= 0.3 is 0 Å². The average Bonchev–Trinajstić information content (AvgIpc) is 4.00. The van der Waals surface area contributed by atoms with Crippen molar-refractivity contribution in [2.24, 2.45) is 0 Å². The fourth-order valence-corrected chi connectivity index (χ4v) is 11.1. The van der Waals surface area contributed by atoms with Gasteiger partial charge in [0.25, 0.3) is 0 Å². The van der Waals surface area contributed by atoms with E-state index in [0.717, 1.165) is 66.8 Å². The molecule has 2 heterocycles. The van der Waals surface area contributed by atoms with Crippen LogP contribution in [0.1, 0.15) is 0 Å². The third kappa shape index (κ3) is 6.82. The molecule has 0 aliphatic carbocycles. The van der Waals surface area contributed by atoms with Crippen molar-refractivity contribution in [2.75, 3.05) is 4.90 Å². The molecule has 0 unspecified atom stereocenters. The van der Waals surface area contributed by atoms with Gasteiger partial charge in [-0.3, -0.25) is 0 Å². The van der Waals surface area contributed by atoms with Gasteiger partial charge in [0, 0.05) is 49.7 Å². The highest BCUT2D eigenvalue weighted by Gasteiger charge is 2.19. The van der Waals surface area contributed by atoms with Gasteiger partial charge in [0.2, 0.25) is 0 Å². The van der Waals surface area contributed by atoms with Crippen LogP contribution >= 0.6 is 0 Å². The van der Waals surface area contributed by atoms with Gasteiger partial charge in [-0.25, -0.2) is 0 Å². The summed E-state index contributed by atoms with van der Waals surface area (Å²) in [6.07, 6.45) is 0. The number of rotatable bonds is 8. The highest BCUT2D eigenvalue weighted by molar-refractivity contribution is 6.14. The lowest BCUT2D eigenvalue weighted by Gasteiger charge is -2.27. The summed E-state index contributed by atoms with van der Waals surface area (Å²) in [5.41, 5.74) is 17.7. The lowest BCUT2D eigenvalue weighted by molar-refractivity contribution is 0.670. The Hall–Kier alpha value is -9.44. The van der Waals surface area contributed by atoms with E-state index in [1.165, 1.54) is 65.7 Å². The van der Waals surface area contributed by atoms with Gasteiger partial charge in [-0.2, -0.15) is 0 Å². The maximum absolute atomic E-state index is 6.56. The van der Waals surface area contributed by atoms with Crippen molar-refractivity contribution in [1.82, 2.24) is 4.57 Å². The second-order valence-corrected chi connectivity index (χ2v) is 18.4. The molecule has 0 radical (unpaired) electrons. The van der Waals surface area contributed by atoms with Crippen LogP contribution < -0.4 is 4.90 Å². The molecule has 0 bridgehead atoms. The monoisotopic (exact) mass is 904 g/mol. The average molecular weight is 905 g/mol. The largest absolute Gasteiger partial charge is 0.455 e. The highest BCUT2D eigenvalue weighted by Crippen LogP contribution is 2.43. The van der Waals surface area contributed by atoms with Crippen molar-refractivity contribution in [3.8, 4) is 50.2 Å². The zero-order valence-electron chi connectivity index (χ0n) is 38.7. The first-order valence-electron chi connectivity index (χ1n) is 24.3. The Balaban J connectivity index is 0.864. The van der Waals surface area contributed by atoms with Crippen LogP contribution in [0.15, 0.2) is 271 Å². The number of fused-ring (bicyclic) bond motifs is 9. The molecule has 0 saturated heterocycles. The van der Waals surface area contributed by atoms with E-state index in [1.807, 2.05) is 12.1 Å². The topological polar surface area (TPSA) is 21.3 Å². The summed E-state index contributed by atoms with van der Waals surface area (Å²) in [4.78, 5) is 2.38. The van der Waals surface area contributed by atoms with Crippen LogP contribution in [-0.2, 0) is 0 Å². The predicted molar refractivity (Wildman–Crippen MR) is 299 cm³/mol. The van der Waals surface area contributed by atoms with E-state index in [2.05, 4.69) is 264 Å². The number of aromatic nitrogens is 1. The Kier molecular flexibility index (Phi) is 9.53. The Morgan fingerprint density at radius 2 is 0.789 bits per heavy atom. The molecule has 71 heavy (non-hydrogen) atoms. The van der Waals surface area contributed by atoms with Crippen LogP contribution in [0, 0.1) is 0 Å². The Labute approximate surface area is 411 Å². The SMILES string of the molecule is c1cc(-c2cc3ccccc3c3ccccc23)cc(N(c2ccc(-c3ccc(-c4ccccc4-n4c5ccccc5c5ccccc54)cc3)cc2)c2cccc(-c3cccc4c3oc3ccccc34)c2)c1. The van der Waals surface area contributed by atoms with Crippen LogP contribution in [0.5, 0.6) is 0 Å². The molecule has 0 spiro atoms. The van der Waals surface area contributed by atoms with Crippen LogP contribution in [0.4, 0.5) is 17.1 Å². The molecule has 12 aromatic carbocycles. The van der Waals surface area contributed by atoms with Gasteiger partial charge in [0.1, 0.15) is 11.2 Å². The van der Waals surface area contributed by atoms with Gasteiger partial charge in [-0.15, -0.1) is 0 Å². The zero-order chi connectivity index (χ0) is 46.8. The van der Waals surface area contributed by atoms with Crippen molar-refractivity contribution >= 4 is 82.4 Å². The number of nitrogens with zero attached hydrogens (tertiary/aromatic N) is 2. The Morgan fingerprint density at radius 1 is 0.282 bits per heavy atom. The third-order valence-corrected chi connectivity index (χ3v) is 14.4. The highest BCUT2D eigenvalue weighted by atomic mass is 16.3.